The largest absolute Gasteiger partial charge is 0.434 e. The molecule has 5 rings (SSSR count). The average Bonchev–Trinajstić information content (AvgIpc) is 3.29. The first kappa shape index (κ1) is 23.7. The summed E-state index contributed by atoms with van der Waals surface area (Å²) in [7, 11) is -3.63. The number of piperidine rings is 1. The van der Waals surface area contributed by atoms with Crippen molar-refractivity contribution in [3.63, 3.8) is 0 Å². The minimum Gasteiger partial charge on any atom is -0.392 e. The van der Waals surface area contributed by atoms with Gasteiger partial charge in [0, 0.05) is 42.8 Å². The third-order valence-electron chi connectivity index (χ3n) is 7.22. The Balaban J connectivity index is 1.29. The molecule has 2 unspecified atom stereocenters. The Bertz CT molecular complexity index is 1330. The van der Waals surface area contributed by atoms with E-state index in [0.717, 1.165) is 30.5 Å². The summed E-state index contributed by atoms with van der Waals surface area (Å²) in [6.45, 7) is 3.25. The maximum absolute atomic E-state index is 15.2. The second-order valence-corrected chi connectivity index (χ2v) is 11.5. The number of anilines is 1. The molecular weight excluding hydrogens is 471 g/mol. The second-order valence-electron chi connectivity index (χ2n) is 9.40. The monoisotopic (exact) mass is 500 g/mol. The molecule has 3 heterocycles. The molecule has 2 aromatic carbocycles. The van der Waals surface area contributed by atoms with Crippen molar-refractivity contribution >= 4 is 15.7 Å². The fourth-order valence-corrected chi connectivity index (χ4v) is 7.37. The molecule has 2 fully saturated rings. The van der Waals surface area contributed by atoms with E-state index in [4.69, 9.17) is 4.42 Å². The maximum Gasteiger partial charge on any atom is 0.434 e. The number of rotatable bonds is 5. The highest BCUT2D eigenvalue weighted by molar-refractivity contribution is 7.89. The first-order valence-corrected chi connectivity index (χ1v) is 13.5. The number of sulfonamides is 1. The molecule has 0 saturated carbocycles. The number of hydrogen-bond donors (Lipinski definition) is 1. The van der Waals surface area contributed by atoms with Gasteiger partial charge in [-0.1, -0.05) is 36.4 Å². The summed E-state index contributed by atoms with van der Waals surface area (Å²) in [5.74, 6) is -0.494. The lowest BCUT2D eigenvalue weighted by Gasteiger charge is -2.37. The van der Waals surface area contributed by atoms with Crippen LogP contribution in [0, 0.1) is 5.82 Å². The van der Waals surface area contributed by atoms with Crippen molar-refractivity contribution in [3.05, 3.63) is 81.9 Å². The van der Waals surface area contributed by atoms with E-state index < -0.39 is 26.8 Å². The zero-order chi connectivity index (χ0) is 24.6. The van der Waals surface area contributed by atoms with Crippen LogP contribution in [0.15, 0.2) is 57.7 Å². The van der Waals surface area contributed by atoms with Crippen LogP contribution in [0.2, 0.25) is 0 Å². The van der Waals surface area contributed by atoms with Gasteiger partial charge in [0.05, 0.1) is 0 Å². The van der Waals surface area contributed by atoms with Gasteiger partial charge in [0.2, 0.25) is 15.9 Å². The molecular formula is C25H29FN4O4S. The van der Waals surface area contributed by atoms with E-state index in [1.165, 1.54) is 10.4 Å². The first-order valence-electron chi connectivity index (χ1n) is 12.0. The van der Waals surface area contributed by atoms with Gasteiger partial charge in [-0.15, -0.1) is 5.10 Å². The number of aromatic amines is 1. The van der Waals surface area contributed by atoms with Crippen LogP contribution in [0.1, 0.15) is 60.8 Å². The molecule has 2 atom stereocenters. The highest BCUT2D eigenvalue weighted by atomic mass is 32.2. The van der Waals surface area contributed by atoms with Gasteiger partial charge >= 0.3 is 5.76 Å². The Morgan fingerprint density at radius 1 is 1.09 bits per heavy atom. The van der Waals surface area contributed by atoms with Crippen LogP contribution in [0.25, 0.3) is 0 Å². The topological polar surface area (TPSA) is 99.5 Å². The lowest BCUT2D eigenvalue weighted by molar-refractivity contribution is 0.279. The number of hydrogen-bond acceptors (Lipinski definition) is 6. The van der Waals surface area contributed by atoms with Gasteiger partial charge in [-0.3, -0.25) is 0 Å². The molecule has 1 N–H and O–H groups in total. The number of benzene rings is 2. The van der Waals surface area contributed by atoms with Crippen LogP contribution in [-0.2, 0) is 16.6 Å². The average molecular weight is 501 g/mol. The number of nitrogens with one attached hydrogen (secondary N) is 1. The van der Waals surface area contributed by atoms with E-state index in [9.17, 15) is 13.2 Å². The third kappa shape index (κ3) is 4.77. The van der Waals surface area contributed by atoms with Crippen molar-refractivity contribution in [3.8, 4) is 0 Å². The summed E-state index contributed by atoms with van der Waals surface area (Å²) in [6.07, 6.45) is 2.76. The van der Waals surface area contributed by atoms with Gasteiger partial charge in [-0.05, 0) is 50.3 Å². The van der Waals surface area contributed by atoms with Crippen molar-refractivity contribution in [2.45, 2.75) is 56.4 Å². The highest BCUT2D eigenvalue weighted by Crippen LogP contribution is 2.38. The third-order valence-corrected chi connectivity index (χ3v) is 9.59. The quantitative estimate of drug-likeness (QED) is 0.570. The number of aromatic nitrogens is 2. The Labute approximate surface area is 203 Å². The summed E-state index contributed by atoms with van der Waals surface area (Å²) in [5.41, 5.74) is 1.90. The Morgan fingerprint density at radius 3 is 2.49 bits per heavy atom. The minimum atomic E-state index is -3.63. The molecule has 0 bridgehead atoms. The molecule has 1 aromatic heterocycles. The van der Waals surface area contributed by atoms with Crippen molar-refractivity contribution in [2.75, 3.05) is 18.0 Å². The summed E-state index contributed by atoms with van der Waals surface area (Å²) in [4.78, 5) is 13.3. The maximum atomic E-state index is 15.2. The van der Waals surface area contributed by atoms with Crippen molar-refractivity contribution in [1.82, 2.24) is 14.5 Å². The van der Waals surface area contributed by atoms with Crippen LogP contribution in [0.3, 0.4) is 0 Å². The molecule has 0 radical (unpaired) electrons. The molecule has 2 aliphatic rings. The zero-order valence-electron chi connectivity index (χ0n) is 19.6. The van der Waals surface area contributed by atoms with Crippen LogP contribution >= 0.6 is 0 Å². The van der Waals surface area contributed by atoms with E-state index in [-0.39, 0.29) is 18.5 Å². The lowest BCUT2D eigenvalue weighted by Crippen LogP contribution is -2.44. The highest BCUT2D eigenvalue weighted by Gasteiger charge is 2.40. The van der Waals surface area contributed by atoms with Crippen molar-refractivity contribution in [2.24, 2.45) is 0 Å². The van der Waals surface area contributed by atoms with Gasteiger partial charge in [0.25, 0.3) is 0 Å². The molecule has 35 heavy (non-hydrogen) atoms. The minimum absolute atomic E-state index is 0.0131. The Kier molecular flexibility index (Phi) is 6.50. The van der Waals surface area contributed by atoms with Gasteiger partial charge in [0.15, 0.2) is 0 Å². The van der Waals surface area contributed by atoms with Gasteiger partial charge in [0.1, 0.15) is 11.1 Å². The standard InChI is InChI=1S/C25H29FN4O4S/c1-17-7-10-23(18-5-3-2-4-6-18)35(32,33)30(17)16-20-8-9-21(15-22(20)26)29-13-11-19(12-14-29)24-27-28-25(31)34-24/h2-6,8-9,15,17,19,23H,7,10-14,16H2,1H3,(H,28,31). The summed E-state index contributed by atoms with van der Waals surface area (Å²) in [6, 6.07) is 14.1. The van der Waals surface area contributed by atoms with Crippen LogP contribution in [0.5, 0.6) is 0 Å². The normalized spacial score (nSPS) is 23.4. The fourth-order valence-electron chi connectivity index (χ4n) is 5.18. The smallest absolute Gasteiger partial charge is 0.392 e. The molecule has 2 aliphatic heterocycles. The molecule has 2 saturated heterocycles. The van der Waals surface area contributed by atoms with E-state index >= 15 is 4.39 Å². The van der Waals surface area contributed by atoms with Crippen LogP contribution < -0.4 is 10.7 Å². The van der Waals surface area contributed by atoms with Gasteiger partial charge < -0.3 is 9.32 Å². The van der Waals surface area contributed by atoms with E-state index in [1.54, 1.807) is 6.07 Å². The fraction of sp³-hybridized carbons (Fsp3) is 0.440. The van der Waals surface area contributed by atoms with Crippen LogP contribution in [0.4, 0.5) is 10.1 Å². The molecule has 0 amide bonds. The summed E-state index contributed by atoms with van der Waals surface area (Å²) < 4.78 is 48.7. The zero-order valence-corrected chi connectivity index (χ0v) is 20.4. The first-order chi connectivity index (χ1) is 16.8. The SMILES string of the molecule is CC1CCC(c2ccccc2)S(=O)(=O)N1Cc1ccc(N2CCC(c3n[nH]c(=O)o3)CC2)cc1F. The molecule has 8 nitrogen and oxygen atoms in total. The van der Waals surface area contributed by atoms with Gasteiger partial charge in [-0.25, -0.2) is 22.7 Å². The van der Waals surface area contributed by atoms with E-state index in [0.29, 0.717) is 31.0 Å². The molecule has 10 heteroatoms. The lowest BCUT2D eigenvalue weighted by atomic mass is 9.96. The number of halogens is 1. The molecule has 186 valence electrons. The molecule has 0 spiro atoms. The van der Waals surface area contributed by atoms with Crippen molar-refractivity contribution < 1.29 is 17.2 Å². The predicted octanol–water partition coefficient (Wildman–Crippen LogP) is 3.94. The van der Waals surface area contributed by atoms with E-state index in [1.807, 2.05) is 43.3 Å². The number of nitrogens with zero attached hydrogens (tertiary/aromatic N) is 3. The molecule has 3 aromatic rings. The van der Waals surface area contributed by atoms with Gasteiger partial charge in [-0.2, -0.15) is 4.31 Å². The summed E-state index contributed by atoms with van der Waals surface area (Å²) >= 11 is 0. The Hall–Kier alpha value is -2.98. The number of H-pyrrole nitrogens is 1. The Morgan fingerprint density at radius 2 is 1.83 bits per heavy atom. The summed E-state index contributed by atoms with van der Waals surface area (Å²) in [5, 5.41) is 5.61. The van der Waals surface area contributed by atoms with Crippen molar-refractivity contribution in [1.29, 1.82) is 0 Å². The second kappa shape index (κ2) is 9.58. The predicted molar refractivity (Wildman–Crippen MR) is 130 cm³/mol. The van der Waals surface area contributed by atoms with E-state index in [2.05, 4.69) is 15.1 Å². The molecule has 0 aliphatic carbocycles. The van der Waals surface area contributed by atoms with Crippen LogP contribution in [-0.4, -0.2) is 42.1 Å².